The van der Waals surface area contributed by atoms with Crippen molar-refractivity contribution >= 4 is 17.5 Å². The van der Waals surface area contributed by atoms with Crippen molar-refractivity contribution in [1.29, 1.82) is 0 Å². The molecule has 0 unspecified atom stereocenters. The van der Waals surface area contributed by atoms with Crippen molar-refractivity contribution in [3.05, 3.63) is 34.6 Å². The molecule has 0 N–H and O–H groups in total. The SMILES string of the molecule is CO[C@@H]1C[C@H]2CN(C(=O)c3cc(F)cc(Cl)c3)C[C@H]2C[C@H]1N(C)C. The highest BCUT2D eigenvalue weighted by Gasteiger charge is 2.44. The molecule has 1 aromatic rings. The molecule has 2 fully saturated rings. The van der Waals surface area contributed by atoms with Crippen molar-refractivity contribution in [2.24, 2.45) is 11.8 Å². The molecule has 1 heterocycles. The lowest BCUT2D eigenvalue weighted by Crippen LogP contribution is -2.47. The predicted molar refractivity (Wildman–Crippen MR) is 91.8 cm³/mol. The van der Waals surface area contributed by atoms with Crippen LogP contribution in [0.3, 0.4) is 0 Å². The van der Waals surface area contributed by atoms with E-state index in [1.807, 2.05) is 4.90 Å². The second-order valence-electron chi connectivity index (χ2n) is 7.16. The minimum absolute atomic E-state index is 0.138. The summed E-state index contributed by atoms with van der Waals surface area (Å²) in [4.78, 5) is 16.8. The molecule has 6 heteroatoms. The molecule has 1 aliphatic heterocycles. The minimum Gasteiger partial charge on any atom is -0.380 e. The monoisotopic (exact) mass is 354 g/mol. The van der Waals surface area contributed by atoms with Crippen LogP contribution in [0.4, 0.5) is 4.39 Å². The van der Waals surface area contributed by atoms with E-state index >= 15 is 0 Å². The largest absolute Gasteiger partial charge is 0.380 e. The van der Waals surface area contributed by atoms with Crippen molar-refractivity contribution < 1.29 is 13.9 Å². The molecule has 1 saturated carbocycles. The number of likely N-dealkylation sites (tertiary alicyclic amines) is 1. The molecular weight excluding hydrogens is 331 g/mol. The number of halogens is 2. The second-order valence-corrected chi connectivity index (χ2v) is 7.60. The van der Waals surface area contributed by atoms with E-state index < -0.39 is 5.82 Å². The highest BCUT2D eigenvalue weighted by Crippen LogP contribution is 2.39. The van der Waals surface area contributed by atoms with Crippen LogP contribution in [0.1, 0.15) is 23.2 Å². The van der Waals surface area contributed by atoms with Crippen LogP contribution in [0, 0.1) is 17.7 Å². The number of fused-ring (bicyclic) bond motifs is 1. The summed E-state index contributed by atoms with van der Waals surface area (Å²) in [6.07, 6.45) is 2.17. The summed E-state index contributed by atoms with van der Waals surface area (Å²) < 4.78 is 19.2. The van der Waals surface area contributed by atoms with Crippen molar-refractivity contribution in [3.8, 4) is 0 Å². The number of hydrogen-bond acceptors (Lipinski definition) is 3. The maximum absolute atomic E-state index is 13.5. The Hall–Kier alpha value is -1.17. The molecule has 4 atom stereocenters. The molecule has 1 amide bonds. The molecule has 2 aliphatic rings. The third-order valence-electron chi connectivity index (χ3n) is 5.45. The van der Waals surface area contributed by atoms with E-state index in [2.05, 4.69) is 19.0 Å². The van der Waals surface area contributed by atoms with Gasteiger partial charge in [0.15, 0.2) is 0 Å². The third-order valence-corrected chi connectivity index (χ3v) is 5.67. The van der Waals surface area contributed by atoms with Crippen LogP contribution in [0.25, 0.3) is 0 Å². The van der Waals surface area contributed by atoms with Crippen LogP contribution >= 0.6 is 11.6 Å². The summed E-state index contributed by atoms with van der Waals surface area (Å²) in [5.74, 6) is 0.298. The first-order valence-electron chi connectivity index (χ1n) is 8.33. The van der Waals surface area contributed by atoms with Crippen LogP contribution in [-0.2, 0) is 4.74 Å². The van der Waals surface area contributed by atoms with Crippen molar-refractivity contribution in [3.63, 3.8) is 0 Å². The normalized spacial score (nSPS) is 29.8. The zero-order valence-electron chi connectivity index (χ0n) is 14.3. The number of likely N-dealkylation sites (N-methyl/N-ethyl adjacent to an activating group) is 1. The number of carbonyl (C=O) groups excluding carboxylic acids is 1. The number of hydrogen-bond donors (Lipinski definition) is 0. The molecule has 1 aliphatic carbocycles. The Labute approximate surface area is 147 Å². The average molecular weight is 355 g/mol. The number of carbonyl (C=O) groups is 1. The summed E-state index contributed by atoms with van der Waals surface area (Å²) in [5.41, 5.74) is 0.325. The molecule has 0 bridgehead atoms. The lowest BCUT2D eigenvalue weighted by molar-refractivity contribution is -0.0209. The second kappa shape index (κ2) is 6.98. The quantitative estimate of drug-likeness (QED) is 0.836. The average Bonchev–Trinajstić information content (AvgIpc) is 2.94. The van der Waals surface area contributed by atoms with E-state index in [1.54, 1.807) is 7.11 Å². The summed E-state index contributed by atoms with van der Waals surface area (Å²) in [6.45, 7) is 1.43. The molecular formula is C18H24ClFN2O2. The van der Waals surface area contributed by atoms with Gasteiger partial charge in [-0.05, 0) is 57.0 Å². The van der Waals surface area contributed by atoms with Crippen LogP contribution in [0.2, 0.25) is 5.02 Å². The smallest absolute Gasteiger partial charge is 0.254 e. The first-order valence-corrected chi connectivity index (χ1v) is 8.71. The Balaban J connectivity index is 1.74. The number of nitrogens with zero attached hydrogens (tertiary/aromatic N) is 2. The fourth-order valence-corrected chi connectivity index (χ4v) is 4.43. The third kappa shape index (κ3) is 3.44. The van der Waals surface area contributed by atoms with Gasteiger partial charge in [0, 0.05) is 36.8 Å². The fraction of sp³-hybridized carbons (Fsp3) is 0.611. The summed E-state index contributed by atoms with van der Waals surface area (Å²) in [7, 11) is 5.90. The molecule has 0 spiro atoms. The number of amides is 1. The summed E-state index contributed by atoms with van der Waals surface area (Å²) >= 11 is 5.88. The summed E-state index contributed by atoms with van der Waals surface area (Å²) in [5, 5.41) is 0.252. The van der Waals surface area contributed by atoms with E-state index in [0.717, 1.165) is 19.4 Å². The van der Waals surface area contributed by atoms with E-state index in [-0.39, 0.29) is 17.0 Å². The topological polar surface area (TPSA) is 32.8 Å². The zero-order valence-corrected chi connectivity index (χ0v) is 15.1. The maximum atomic E-state index is 13.5. The van der Waals surface area contributed by atoms with E-state index in [1.165, 1.54) is 18.2 Å². The van der Waals surface area contributed by atoms with Crippen LogP contribution < -0.4 is 0 Å². The fourth-order valence-electron chi connectivity index (χ4n) is 4.21. The molecule has 24 heavy (non-hydrogen) atoms. The van der Waals surface area contributed by atoms with E-state index in [4.69, 9.17) is 16.3 Å². The number of methoxy groups -OCH3 is 1. The Morgan fingerprint density at radius 2 is 1.92 bits per heavy atom. The van der Waals surface area contributed by atoms with Gasteiger partial charge in [0.1, 0.15) is 5.82 Å². The summed E-state index contributed by atoms with van der Waals surface area (Å²) in [6, 6.07) is 4.38. The van der Waals surface area contributed by atoms with Gasteiger partial charge in [0.05, 0.1) is 6.10 Å². The van der Waals surface area contributed by atoms with Gasteiger partial charge in [0.25, 0.3) is 5.91 Å². The van der Waals surface area contributed by atoms with Gasteiger partial charge in [-0.15, -0.1) is 0 Å². The molecule has 0 aromatic heterocycles. The Kier molecular flexibility index (Phi) is 5.13. The predicted octanol–water partition coefficient (Wildman–Crippen LogP) is 2.91. The van der Waals surface area contributed by atoms with Gasteiger partial charge in [0.2, 0.25) is 0 Å². The highest BCUT2D eigenvalue weighted by atomic mass is 35.5. The number of rotatable bonds is 3. The molecule has 132 valence electrons. The zero-order chi connectivity index (χ0) is 17.4. The van der Waals surface area contributed by atoms with Gasteiger partial charge in [-0.25, -0.2) is 4.39 Å². The van der Waals surface area contributed by atoms with Crippen molar-refractivity contribution in [2.75, 3.05) is 34.3 Å². The van der Waals surface area contributed by atoms with Gasteiger partial charge in [-0.3, -0.25) is 4.79 Å². The molecule has 4 nitrogen and oxygen atoms in total. The highest BCUT2D eigenvalue weighted by molar-refractivity contribution is 6.31. The van der Waals surface area contributed by atoms with Gasteiger partial charge in [-0.1, -0.05) is 11.6 Å². The lowest BCUT2D eigenvalue weighted by atomic mass is 9.77. The minimum atomic E-state index is -0.477. The first kappa shape index (κ1) is 17.6. The van der Waals surface area contributed by atoms with Crippen LogP contribution in [-0.4, -0.2) is 62.1 Å². The lowest BCUT2D eigenvalue weighted by Gasteiger charge is -2.40. The van der Waals surface area contributed by atoms with Crippen molar-refractivity contribution in [1.82, 2.24) is 9.80 Å². The first-order chi connectivity index (χ1) is 11.4. The van der Waals surface area contributed by atoms with Crippen molar-refractivity contribution in [2.45, 2.75) is 25.0 Å². The van der Waals surface area contributed by atoms with Crippen LogP contribution in [0.5, 0.6) is 0 Å². The van der Waals surface area contributed by atoms with Gasteiger partial charge in [-0.2, -0.15) is 0 Å². The Bertz CT molecular complexity index is 605. The number of ether oxygens (including phenoxy) is 1. The maximum Gasteiger partial charge on any atom is 0.254 e. The van der Waals surface area contributed by atoms with E-state index in [0.29, 0.717) is 30.0 Å². The Morgan fingerprint density at radius 3 is 2.50 bits per heavy atom. The Morgan fingerprint density at radius 1 is 1.25 bits per heavy atom. The molecule has 1 saturated heterocycles. The van der Waals surface area contributed by atoms with Crippen LogP contribution in [0.15, 0.2) is 18.2 Å². The molecule has 3 rings (SSSR count). The standard InChI is InChI=1S/C18H24ClFN2O2/c1-21(2)16-6-12-9-22(10-13(12)7-17(16)24-3)18(23)11-4-14(19)8-15(20)5-11/h4-5,8,12-13,16-17H,6-7,9-10H2,1-3H3/t12-,13+,16-,17-/m1/s1. The van der Waals surface area contributed by atoms with Gasteiger partial charge >= 0.3 is 0 Å². The number of benzene rings is 1. The molecule has 0 radical (unpaired) electrons. The van der Waals surface area contributed by atoms with E-state index in [9.17, 15) is 9.18 Å². The van der Waals surface area contributed by atoms with Gasteiger partial charge < -0.3 is 14.5 Å². The molecule has 1 aromatic carbocycles.